The smallest absolute Gasteiger partial charge is 0.328 e. The minimum absolute atomic E-state index is 0.250. The van der Waals surface area contributed by atoms with E-state index in [1.807, 2.05) is 5.32 Å². The van der Waals surface area contributed by atoms with Gasteiger partial charge in [-0.2, -0.15) is 12.6 Å². The average Bonchev–Trinajstić information content (AvgIpc) is 2.61. The van der Waals surface area contributed by atoms with Crippen LogP contribution < -0.4 is 33.2 Å². The van der Waals surface area contributed by atoms with Crippen LogP contribution in [0.1, 0.15) is 12.8 Å². The minimum atomic E-state index is -1.68. The first kappa shape index (κ1) is 26.1. The molecule has 0 radical (unpaired) electrons. The number of carboxylic acid groups (broad SMARTS) is 1. The highest BCUT2D eigenvalue weighted by Gasteiger charge is 2.30. The molecule has 0 aromatic carbocycles. The zero-order valence-electron chi connectivity index (χ0n) is 15.2. The summed E-state index contributed by atoms with van der Waals surface area (Å²) in [6, 6.07) is -5.91. The number of carbonyl (C=O) groups excluding carboxylic acids is 5. The Labute approximate surface area is 170 Å². The van der Waals surface area contributed by atoms with Crippen LogP contribution >= 0.6 is 12.6 Å². The Bertz CT molecular complexity index is 660. The highest BCUT2D eigenvalue weighted by molar-refractivity contribution is 7.80. The van der Waals surface area contributed by atoms with Crippen molar-refractivity contribution in [2.24, 2.45) is 17.2 Å². The van der Waals surface area contributed by atoms with E-state index in [4.69, 9.17) is 27.4 Å². The van der Waals surface area contributed by atoms with E-state index in [2.05, 4.69) is 23.3 Å². The number of hydrogen-bond acceptors (Lipinski definition) is 9. The number of hydrogen-bond donors (Lipinski definition) is 9. The van der Waals surface area contributed by atoms with Gasteiger partial charge in [-0.3, -0.25) is 24.0 Å². The van der Waals surface area contributed by atoms with Crippen LogP contribution in [-0.4, -0.2) is 82.2 Å². The molecule has 0 aromatic heterocycles. The Balaban J connectivity index is 5.19. The molecule has 4 unspecified atom stereocenters. The first-order valence-electron chi connectivity index (χ1n) is 8.10. The first-order chi connectivity index (χ1) is 13.4. The number of nitrogens with two attached hydrogens (primary N) is 3. The Morgan fingerprint density at radius 2 is 1.24 bits per heavy atom. The second kappa shape index (κ2) is 12.5. The summed E-state index contributed by atoms with van der Waals surface area (Å²) in [5, 5.41) is 24.1. The molecule has 0 aromatic rings. The Morgan fingerprint density at radius 1 is 0.793 bits per heavy atom. The summed E-state index contributed by atoms with van der Waals surface area (Å²) in [5.74, 6) is -6.58. The maximum atomic E-state index is 12.3. The van der Waals surface area contributed by atoms with Crippen molar-refractivity contribution in [1.82, 2.24) is 16.0 Å². The number of carboxylic acids is 1. The van der Waals surface area contributed by atoms with Gasteiger partial charge < -0.3 is 43.4 Å². The lowest BCUT2D eigenvalue weighted by Crippen LogP contribution is -2.58. The molecule has 0 saturated carbocycles. The van der Waals surface area contributed by atoms with Gasteiger partial charge in [-0.1, -0.05) is 0 Å². The van der Waals surface area contributed by atoms with Gasteiger partial charge in [0.05, 0.1) is 25.5 Å². The van der Waals surface area contributed by atoms with Crippen LogP contribution in [0.15, 0.2) is 0 Å². The summed E-state index contributed by atoms with van der Waals surface area (Å²) >= 11 is 3.90. The van der Waals surface area contributed by atoms with E-state index in [1.54, 1.807) is 0 Å². The zero-order chi connectivity index (χ0) is 22.7. The van der Waals surface area contributed by atoms with Gasteiger partial charge in [-0.25, -0.2) is 4.79 Å². The molecule has 0 spiro atoms. The molecule has 0 aliphatic carbocycles. The van der Waals surface area contributed by atoms with Crippen molar-refractivity contribution >= 4 is 48.1 Å². The third-order valence-corrected chi connectivity index (χ3v) is 3.77. The summed E-state index contributed by atoms with van der Waals surface area (Å²) in [6.45, 7) is -0.939. The molecule has 29 heavy (non-hydrogen) atoms. The number of nitrogens with one attached hydrogen (secondary N) is 3. The highest BCUT2D eigenvalue weighted by Crippen LogP contribution is 1.99. The van der Waals surface area contributed by atoms with Crippen LogP contribution in [0, 0.1) is 0 Å². The summed E-state index contributed by atoms with van der Waals surface area (Å²) in [4.78, 5) is 69.3. The van der Waals surface area contributed by atoms with Gasteiger partial charge in [0.15, 0.2) is 0 Å². The molecule has 15 heteroatoms. The topological polar surface area (TPSA) is 257 Å². The molecule has 0 saturated heterocycles. The van der Waals surface area contributed by atoms with Crippen LogP contribution in [0.2, 0.25) is 0 Å². The van der Waals surface area contributed by atoms with E-state index in [0.29, 0.717) is 0 Å². The van der Waals surface area contributed by atoms with Crippen LogP contribution in [0.3, 0.4) is 0 Å². The lowest BCUT2D eigenvalue weighted by molar-refractivity contribution is -0.143. The number of rotatable bonds is 13. The van der Waals surface area contributed by atoms with Crippen molar-refractivity contribution in [3.8, 4) is 0 Å². The Hall–Kier alpha value is -2.91. The van der Waals surface area contributed by atoms with Gasteiger partial charge in [0.2, 0.25) is 29.5 Å². The van der Waals surface area contributed by atoms with Gasteiger partial charge in [0.1, 0.15) is 18.1 Å². The van der Waals surface area contributed by atoms with Crippen molar-refractivity contribution in [3.05, 3.63) is 0 Å². The van der Waals surface area contributed by atoms with Crippen LogP contribution in [-0.2, 0) is 28.8 Å². The molecule has 164 valence electrons. The summed E-state index contributed by atoms with van der Waals surface area (Å²) in [6.07, 6.45) is -1.17. The normalized spacial score (nSPS) is 14.6. The van der Waals surface area contributed by atoms with Crippen molar-refractivity contribution < 1.29 is 39.0 Å². The number of aliphatic hydroxyl groups excluding tert-OH is 1. The minimum Gasteiger partial charge on any atom is -0.480 e. The van der Waals surface area contributed by atoms with Gasteiger partial charge in [-0.15, -0.1) is 0 Å². The second-order valence-corrected chi connectivity index (χ2v) is 6.20. The molecule has 5 amide bonds. The summed E-state index contributed by atoms with van der Waals surface area (Å²) < 4.78 is 0. The van der Waals surface area contributed by atoms with E-state index in [-0.39, 0.29) is 5.75 Å². The third-order valence-electron chi connectivity index (χ3n) is 3.41. The molecular formula is C14H24N6O8S. The van der Waals surface area contributed by atoms with Gasteiger partial charge in [0, 0.05) is 5.75 Å². The molecule has 0 aliphatic rings. The quantitative estimate of drug-likeness (QED) is 0.125. The number of thiol groups is 1. The summed E-state index contributed by atoms with van der Waals surface area (Å²) in [7, 11) is 0. The zero-order valence-corrected chi connectivity index (χ0v) is 16.1. The van der Waals surface area contributed by atoms with E-state index in [0.717, 1.165) is 0 Å². The van der Waals surface area contributed by atoms with Gasteiger partial charge in [-0.05, 0) is 0 Å². The standard InChI is InChI=1S/C14H24N6O8S/c15-5(1-9(16)22)11(24)20-8(4-29)13(26)18-6(2-10(17)23)12(25)19-7(3-21)14(27)28/h5-8,21,29H,1-4,15H2,(H2,16,22)(H2,17,23)(H,18,26)(H,19,25)(H,20,24)(H,27,28). The van der Waals surface area contributed by atoms with E-state index in [9.17, 15) is 28.8 Å². The van der Waals surface area contributed by atoms with Gasteiger partial charge in [0.25, 0.3) is 0 Å². The molecule has 0 rings (SSSR count). The predicted molar refractivity (Wildman–Crippen MR) is 100.0 cm³/mol. The molecular weight excluding hydrogens is 412 g/mol. The van der Waals surface area contributed by atoms with Crippen molar-refractivity contribution in [1.29, 1.82) is 0 Å². The molecule has 4 atom stereocenters. The van der Waals surface area contributed by atoms with E-state index < -0.39 is 79.1 Å². The number of aliphatic carboxylic acids is 1. The van der Waals surface area contributed by atoms with Crippen molar-refractivity contribution in [2.75, 3.05) is 12.4 Å². The van der Waals surface area contributed by atoms with E-state index >= 15 is 0 Å². The largest absolute Gasteiger partial charge is 0.480 e. The Morgan fingerprint density at radius 3 is 1.66 bits per heavy atom. The highest BCUT2D eigenvalue weighted by atomic mass is 32.1. The van der Waals surface area contributed by atoms with Crippen LogP contribution in [0.25, 0.3) is 0 Å². The van der Waals surface area contributed by atoms with E-state index in [1.165, 1.54) is 0 Å². The maximum Gasteiger partial charge on any atom is 0.328 e. The second-order valence-electron chi connectivity index (χ2n) is 5.83. The fourth-order valence-electron chi connectivity index (χ4n) is 1.92. The summed E-state index contributed by atoms with van der Waals surface area (Å²) in [5.41, 5.74) is 15.4. The fourth-order valence-corrected chi connectivity index (χ4v) is 2.18. The van der Waals surface area contributed by atoms with Crippen LogP contribution in [0.5, 0.6) is 0 Å². The monoisotopic (exact) mass is 436 g/mol. The third kappa shape index (κ3) is 9.72. The first-order valence-corrected chi connectivity index (χ1v) is 8.73. The maximum absolute atomic E-state index is 12.3. The number of carbonyl (C=O) groups is 6. The van der Waals surface area contributed by atoms with Crippen molar-refractivity contribution in [2.45, 2.75) is 37.0 Å². The number of amides is 5. The molecule has 0 aliphatic heterocycles. The molecule has 0 fully saturated rings. The molecule has 0 bridgehead atoms. The Kier molecular flexibility index (Phi) is 11.3. The number of aliphatic hydroxyl groups is 1. The molecule has 14 nitrogen and oxygen atoms in total. The fraction of sp³-hybridized carbons (Fsp3) is 0.571. The van der Waals surface area contributed by atoms with Crippen LogP contribution in [0.4, 0.5) is 0 Å². The number of primary amides is 2. The lowest BCUT2D eigenvalue weighted by atomic mass is 10.1. The lowest BCUT2D eigenvalue weighted by Gasteiger charge is -2.23. The predicted octanol–water partition coefficient (Wildman–Crippen LogP) is -5.47. The molecule has 11 N–H and O–H groups in total. The average molecular weight is 436 g/mol. The molecule has 0 heterocycles. The SMILES string of the molecule is NC(=O)CC(N)C(=O)NC(CS)C(=O)NC(CC(N)=O)C(=O)NC(CO)C(=O)O. The van der Waals surface area contributed by atoms with Crippen molar-refractivity contribution in [3.63, 3.8) is 0 Å². The van der Waals surface area contributed by atoms with Gasteiger partial charge >= 0.3 is 5.97 Å².